The number of amides is 1. The first-order valence-electron chi connectivity index (χ1n) is 10.1. The highest BCUT2D eigenvalue weighted by Gasteiger charge is 2.21. The van der Waals surface area contributed by atoms with Crippen molar-refractivity contribution >= 4 is 21.6 Å². The maximum Gasteiger partial charge on any atom is 0.261 e. The number of para-hydroxylation sites is 1. The Bertz CT molecular complexity index is 1210. The molecule has 31 heavy (non-hydrogen) atoms. The first-order chi connectivity index (χ1) is 14.9. The van der Waals surface area contributed by atoms with E-state index in [4.69, 9.17) is 4.74 Å². The molecule has 0 fully saturated rings. The summed E-state index contributed by atoms with van der Waals surface area (Å²) in [6.07, 6.45) is 0.825. The van der Waals surface area contributed by atoms with Crippen molar-refractivity contribution in [2.75, 3.05) is 17.9 Å². The third-order valence-electron chi connectivity index (χ3n) is 5.18. The lowest BCUT2D eigenvalue weighted by atomic mass is 9.96. The van der Waals surface area contributed by atoms with Crippen LogP contribution in [-0.2, 0) is 16.4 Å². The predicted octanol–water partition coefficient (Wildman–Crippen LogP) is 3.78. The minimum absolute atomic E-state index is 0.0385. The second-order valence-corrected chi connectivity index (χ2v) is 9.38. The van der Waals surface area contributed by atoms with Gasteiger partial charge in [0.2, 0.25) is 0 Å². The molecule has 0 saturated carbocycles. The molecular weight excluding hydrogens is 412 g/mol. The van der Waals surface area contributed by atoms with E-state index in [1.54, 1.807) is 30.3 Å². The molecular formula is C24H24N2O4S. The molecule has 4 rings (SSSR count). The fourth-order valence-electron chi connectivity index (χ4n) is 3.59. The van der Waals surface area contributed by atoms with Crippen LogP contribution >= 0.6 is 0 Å². The summed E-state index contributed by atoms with van der Waals surface area (Å²) in [6.45, 7) is 2.87. The molecule has 1 aliphatic rings. The molecule has 0 saturated heterocycles. The highest BCUT2D eigenvalue weighted by Crippen LogP contribution is 2.26. The number of benzene rings is 3. The number of carbonyl (C=O) groups excluding carboxylic acids is 1. The molecule has 6 nitrogen and oxygen atoms in total. The van der Waals surface area contributed by atoms with Crippen LogP contribution in [-0.4, -0.2) is 27.5 Å². The lowest BCUT2D eigenvalue weighted by Gasteiger charge is -2.25. The number of sulfonamides is 1. The Balaban J connectivity index is 1.41. The van der Waals surface area contributed by atoms with Gasteiger partial charge in [-0.2, -0.15) is 0 Å². The quantitative estimate of drug-likeness (QED) is 0.616. The lowest BCUT2D eigenvalue weighted by molar-refractivity contribution is 0.0939. The van der Waals surface area contributed by atoms with Crippen molar-refractivity contribution in [3.8, 4) is 5.75 Å². The SMILES string of the molecule is Cc1cccc(NS(=O)(=O)c2cccc(C(=O)NCC3COc4ccccc4C3)c2)c1. The van der Waals surface area contributed by atoms with E-state index < -0.39 is 10.0 Å². The van der Waals surface area contributed by atoms with Crippen LogP contribution in [0.3, 0.4) is 0 Å². The summed E-state index contributed by atoms with van der Waals surface area (Å²) in [7, 11) is -3.80. The molecule has 1 atom stereocenters. The van der Waals surface area contributed by atoms with Crippen molar-refractivity contribution in [1.29, 1.82) is 0 Å². The third-order valence-corrected chi connectivity index (χ3v) is 6.56. The topological polar surface area (TPSA) is 84.5 Å². The van der Waals surface area contributed by atoms with E-state index in [0.717, 1.165) is 23.3 Å². The van der Waals surface area contributed by atoms with E-state index in [1.807, 2.05) is 37.3 Å². The summed E-state index contributed by atoms with van der Waals surface area (Å²) in [5, 5.41) is 2.90. The molecule has 0 aliphatic carbocycles. The second kappa shape index (κ2) is 8.81. The number of aryl methyl sites for hydroxylation is 1. The fraction of sp³-hybridized carbons (Fsp3) is 0.208. The van der Waals surface area contributed by atoms with Crippen molar-refractivity contribution in [2.24, 2.45) is 5.92 Å². The maximum atomic E-state index is 12.8. The molecule has 2 N–H and O–H groups in total. The molecule has 0 aromatic heterocycles. The van der Waals surface area contributed by atoms with Crippen molar-refractivity contribution in [3.05, 3.63) is 89.5 Å². The van der Waals surface area contributed by atoms with Gasteiger partial charge < -0.3 is 10.1 Å². The molecule has 160 valence electrons. The summed E-state index contributed by atoms with van der Waals surface area (Å²) in [5.74, 6) is 0.740. The molecule has 0 bridgehead atoms. The smallest absolute Gasteiger partial charge is 0.261 e. The third kappa shape index (κ3) is 5.06. The minimum Gasteiger partial charge on any atom is -0.493 e. The number of carbonyl (C=O) groups is 1. The van der Waals surface area contributed by atoms with Gasteiger partial charge in [0.15, 0.2) is 0 Å². The van der Waals surface area contributed by atoms with Gasteiger partial charge in [0.1, 0.15) is 5.75 Å². The van der Waals surface area contributed by atoms with Gasteiger partial charge in [-0.05, 0) is 60.9 Å². The molecule has 0 spiro atoms. The summed E-state index contributed by atoms with van der Waals surface area (Å²) in [5.41, 5.74) is 2.85. The van der Waals surface area contributed by atoms with E-state index in [2.05, 4.69) is 10.0 Å². The standard InChI is InChI=1S/C24H24N2O4S/c1-17-6-4-9-21(12-17)26-31(28,29)22-10-5-8-20(14-22)24(27)25-15-18-13-19-7-2-3-11-23(19)30-16-18/h2-12,14,18,26H,13,15-16H2,1H3,(H,25,27). The van der Waals surface area contributed by atoms with E-state index in [1.165, 1.54) is 12.1 Å². The van der Waals surface area contributed by atoms with Crippen LogP contribution < -0.4 is 14.8 Å². The number of ether oxygens (including phenoxy) is 1. The van der Waals surface area contributed by atoms with Crippen LogP contribution in [0.4, 0.5) is 5.69 Å². The van der Waals surface area contributed by atoms with E-state index in [-0.39, 0.29) is 16.7 Å². The maximum absolute atomic E-state index is 12.8. The normalized spacial score (nSPS) is 15.5. The van der Waals surface area contributed by atoms with Crippen LogP contribution in [0.2, 0.25) is 0 Å². The predicted molar refractivity (Wildman–Crippen MR) is 120 cm³/mol. The number of fused-ring (bicyclic) bond motifs is 1. The molecule has 1 aliphatic heterocycles. The molecule has 1 heterocycles. The summed E-state index contributed by atoms with van der Waals surface area (Å²) in [6, 6.07) is 21.0. The minimum atomic E-state index is -3.80. The van der Waals surface area contributed by atoms with Gasteiger partial charge in [-0.25, -0.2) is 8.42 Å². The molecule has 0 radical (unpaired) electrons. The Kier molecular flexibility index (Phi) is 5.95. The number of rotatable bonds is 6. The Morgan fingerprint density at radius 1 is 1.03 bits per heavy atom. The van der Waals surface area contributed by atoms with Crippen LogP contribution in [0.25, 0.3) is 0 Å². The van der Waals surface area contributed by atoms with Gasteiger partial charge in [0, 0.05) is 23.7 Å². The number of nitrogens with one attached hydrogen (secondary N) is 2. The van der Waals surface area contributed by atoms with Crippen molar-refractivity contribution in [3.63, 3.8) is 0 Å². The summed E-state index contributed by atoms with van der Waals surface area (Å²) < 4.78 is 33.8. The molecule has 1 unspecified atom stereocenters. The first kappa shape index (κ1) is 20.9. The van der Waals surface area contributed by atoms with Crippen molar-refractivity contribution < 1.29 is 17.9 Å². The van der Waals surface area contributed by atoms with Crippen molar-refractivity contribution in [1.82, 2.24) is 5.32 Å². The second-order valence-electron chi connectivity index (χ2n) is 7.70. The highest BCUT2D eigenvalue weighted by atomic mass is 32.2. The van der Waals surface area contributed by atoms with E-state index in [9.17, 15) is 13.2 Å². The Hall–Kier alpha value is -3.32. The van der Waals surface area contributed by atoms with Crippen LogP contribution in [0, 0.1) is 12.8 Å². The van der Waals surface area contributed by atoms with Gasteiger partial charge in [-0.1, -0.05) is 36.4 Å². The van der Waals surface area contributed by atoms with E-state index >= 15 is 0 Å². The molecule has 3 aromatic carbocycles. The first-order valence-corrected chi connectivity index (χ1v) is 11.6. The summed E-state index contributed by atoms with van der Waals surface area (Å²) in [4.78, 5) is 12.7. The van der Waals surface area contributed by atoms with Gasteiger partial charge >= 0.3 is 0 Å². The number of hydrogen-bond acceptors (Lipinski definition) is 4. The van der Waals surface area contributed by atoms with E-state index in [0.29, 0.717) is 24.4 Å². The van der Waals surface area contributed by atoms with Gasteiger partial charge in [-0.15, -0.1) is 0 Å². The molecule has 7 heteroatoms. The number of anilines is 1. The van der Waals surface area contributed by atoms with Gasteiger partial charge in [0.25, 0.3) is 15.9 Å². The monoisotopic (exact) mass is 436 g/mol. The zero-order chi connectivity index (χ0) is 21.8. The average molecular weight is 437 g/mol. The van der Waals surface area contributed by atoms with Crippen LogP contribution in [0.15, 0.2) is 77.7 Å². The lowest BCUT2D eigenvalue weighted by Crippen LogP contribution is -2.34. The average Bonchev–Trinajstić information content (AvgIpc) is 2.77. The van der Waals surface area contributed by atoms with Crippen LogP contribution in [0.5, 0.6) is 5.75 Å². The van der Waals surface area contributed by atoms with Crippen LogP contribution in [0.1, 0.15) is 21.5 Å². The Morgan fingerprint density at radius 2 is 1.84 bits per heavy atom. The fourth-order valence-corrected chi connectivity index (χ4v) is 4.68. The van der Waals surface area contributed by atoms with Gasteiger partial charge in [0.05, 0.1) is 11.5 Å². The zero-order valence-corrected chi connectivity index (χ0v) is 18.0. The largest absolute Gasteiger partial charge is 0.493 e. The Morgan fingerprint density at radius 3 is 2.68 bits per heavy atom. The summed E-state index contributed by atoms with van der Waals surface area (Å²) >= 11 is 0. The number of hydrogen-bond donors (Lipinski definition) is 2. The molecule has 3 aromatic rings. The Labute approximate surface area is 182 Å². The van der Waals surface area contributed by atoms with Gasteiger partial charge in [-0.3, -0.25) is 9.52 Å². The highest BCUT2D eigenvalue weighted by molar-refractivity contribution is 7.92. The van der Waals surface area contributed by atoms with Crippen molar-refractivity contribution in [2.45, 2.75) is 18.2 Å². The zero-order valence-electron chi connectivity index (χ0n) is 17.2. The molecule has 1 amide bonds.